The Kier molecular flexibility index (Phi) is 8.01. The van der Waals surface area contributed by atoms with Gasteiger partial charge in [-0.1, -0.05) is 54.1 Å². The molecule has 0 saturated heterocycles. The maximum atomic E-state index is 13.9. The minimum absolute atomic E-state index is 0.0139. The van der Waals surface area contributed by atoms with Crippen LogP contribution < -0.4 is 19.1 Å². The average Bonchev–Trinajstić information content (AvgIpc) is 2.92. The van der Waals surface area contributed by atoms with E-state index < -0.39 is 15.9 Å². The Labute approximate surface area is 221 Å². The normalized spacial score (nSPS) is 11.0. The highest BCUT2D eigenvalue weighted by atomic mass is 35.5. The van der Waals surface area contributed by atoms with Gasteiger partial charge in [-0.2, -0.15) is 0 Å². The van der Waals surface area contributed by atoms with Gasteiger partial charge in [0.2, 0.25) is 0 Å². The van der Waals surface area contributed by atoms with Gasteiger partial charge in [-0.15, -0.1) is 0 Å². The van der Waals surface area contributed by atoms with Crippen molar-refractivity contribution in [1.82, 2.24) is 0 Å². The molecule has 4 aromatic carbocycles. The molecule has 190 valence electrons. The van der Waals surface area contributed by atoms with E-state index in [0.29, 0.717) is 22.2 Å². The summed E-state index contributed by atoms with van der Waals surface area (Å²) in [6, 6.07) is 26.7. The van der Waals surface area contributed by atoms with Crippen LogP contribution in [-0.4, -0.2) is 28.5 Å². The monoisotopic (exact) mass is 536 g/mol. The Morgan fingerprint density at radius 1 is 0.865 bits per heavy atom. The lowest BCUT2D eigenvalue weighted by atomic mass is 10.1. The molecule has 0 heterocycles. The molecule has 9 heteroatoms. The third-order valence-corrected chi connectivity index (χ3v) is 7.65. The summed E-state index contributed by atoms with van der Waals surface area (Å²) >= 11 is 6.12. The maximum absolute atomic E-state index is 13.9. The first-order valence-electron chi connectivity index (χ1n) is 11.3. The number of ether oxygens (including phenoxy) is 2. The molecule has 0 aliphatic rings. The number of amides is 1. The Bertz CT molecular complexity index is 1490. The largest absolute Gasteiger partial charge is 0.497 e. The molecule has 0 aromatic heterocycles. The molecule has 0 fully saturated rings. The molecule has 1 N–H and O–H groups in total. The number of methoxy groups -OCH3 is 2. The fourth-order valence-electron chi connectivity index (χ4n) is 3.77. The van der Waals surface area contributed by atoms with Crippen molar-refractivity contribution in [2.45, 2.75) is 11.4 Å². The van der Waals surface area contributed by atoms with Gasteiger partial charge in [-0.05, 0) is 60.2 Å². The summed E-state index contributed by atoms with van der Waals surface area (Å²) in [7, 11) is -1.08. The Balaban J connectivity index is 1.79. The number of carbonyl (C=O) groups excluding carboxylic acids is 1. The second kappa shape index (κ2) is 11.4. The van der Waals surface area contributed by atoms with Crippen LogP contribution in [0.15, 0.2) is 102 Å². The summed E-state index contributed by atoms with van der Waals surface area (Å²) in [5.74, 6) is 0.435. The number of hydrogen-bond acceptors (Lipinski definition) is 5. The van der Waals surface area contributed by atoms with Gasteiger partial charge in [0.15, 0.2) is 0 Å². The topological polar surface area (TPSA) is 84.9 Å². The van der Waals surface area contributed by atoms with Crippen molar-refractivity contribution < 1.29 is 22.7 Å². The number of sulfonamides is 1. The van der Waals surface area contributed by atoms with Gasteiger partial charge in [0, 0.05) is 5.02 Å². The van der Waals surface area contributed by atoms with Crippen LogP contribution in [0.3, 0.4) is 0 Å². The number of nitrogens with zero attached hydrogens (tertiary/aromatic N) is 1. The first-order valence-corrected chi connectivity index (χ1v) is 13.1. The Hall–Kier alpha value is -4.01. The zero-order chi connectivity index (χ0) is 26.4. The van der Waals surface area contributed by atoms with E-state index in [4.69, 9.17) is 21.1 Å². The lowest BCUT2D eigenvalue weighted by Gasteiger charge is -2.27. The zero-order valence-electron chi connectivity index (χ0n) is 20.2. The summed E-state index contributed by atoms with van der Waals surface area (Å²) in [6.07, 6.45) is 0. The fourth-order valence-corrected chi connectivity index (χ4v) is 5.42. The van der Waals surface area contributed by atoms with Crippen molar-refractivity contribution >= 4 is 38.9 Å². The second-order valence-corrected chi connectivity index (χ2v) is 10.3. The van der Waals surface area contributed by atoms with Crippen LogP contribution >= 0.6 is 11.6 Å². The van der Waals surface area contributed by atoms with E-state index in [1.165, 1.54) is 30.7 Å². The van der Waals surface area contributed by atoms with Crippen molar-refractivity contribution in [3.63, 3.8) is 0 Å². The van der Waals surface area contributed by atoms with Crippen LogP contribution in [0, 0.1) is 0 Å². The first-order chi connectivity index (χ1) is 17.8. The van der Waals surface area contributed by atoms with Crippen LogP contribution in [0.5, 0.6) is 11.5 Å². The molecule has 4 aromatic rings. The lowest BCUT2D eigenvalue weighted by molar-refractivity contribution is 0.102. The van der Waals surface area contributed by atoms with Gasteiger partial charge in [-0.3, -0.25) is 9.10 Å². The van der Waals surface area contributed by atoms with Gasteiger partial charge < -0.3 is 14.8 Å². The van der Waals surface area contributed by atoms with Gasteiger partial charge in [-0.25, -0.2) is 8.42 Å². The molecule has 0 atom stereocenters. The molecule has 0 bridgehead atoms. The smallest absolute Gasteiger partial charge is 0.264 e. The average molecular weight is 537 g/mol. The number of nitrogens with one attached hydrogen (secondary N) is 1. The van der Waals surface area contributed by atoms with E-state index in [2.05, 4.69) is 5.32 Å². The molecular weight excluding hydrogens is 512 g/mol. The predicted molar refractivity (Wildman–Crippen MR) is 145 cm³/mol. The molecule has 37 heavy (non-hydrogen) atoms. The van der Waals surface area contributed by atoms with E-state index in [9.17, 15) is 13.2 Å². The SMILES string of the molecule is COc1ccc(S(=O)(=O)N(Cc2ccccc2)c2ccccc2C(=O)Nc2cc(Cl)ccc2OC)cc1. The summed E-state index contributed by atoms with van der Waals surface area (Å²) < 4.78 is 39.6. The van der Waals surface area contributed by atoms with Crippen LogP contribution in [0.25, 0.3) is 0 Å². The molecule has 0 unspecified atom stereocenters. The molecule has 1 amide bonds. The van der Waals surface area contributed by atoms with Gasteiger partial charge in [0.05, 0.1) is 42.6 Å². The van der Waals surface area contributed by atoms with Crippen LogP contribution in [0.1, 0.15) is 15.9 Å². The molecule has 0 aliphatic carbocycles. The standard InChI is InChI=1S/C28H25ClN2O5S/c1-35-22-13-15-23(16-14-22)37(33,34)31(19-20-8-4-3-5-9-20)26-11-7-6-10-24(26)28(32)30-25-18-21(29)12-17-27(25)36-2/h3-18H,19H2,1-2H3,(H,30,32). The highest BCUT2D eigenvalue weighted by Crippen LogP contribution is 2.32. The number of carbonyl (C=O) groups is 1. The molecular formula is C28H25ClN2O5S. The van der Waals surface area contributed by atoms with E-state index >= 15 is 0 Å². The van der Waals surface area contributed by atoms with Crippen molar-refractivity contribution in [2.24, 2.45) is 0 Å². The number of para-hydroxylation sites is 1. The summed E-state index contributed by atoms with van der Waals surface area (Å²) in [4.78, 5) is 13.5. The quantitative estimate of drug-likeness (QED) is 0.283. The van der Waals surface area contributed by atoms with E-state index in [1.54, 1.807) is 54.6 Å². The number of halogens is 1. The van der Waals surface area contributed by atoms with Crippen LogP contribution in [0.4, 0.5) is 11.4 Å². The predicted octanol–water partition coefficient (Wildman–Crippen LogP) is 6.01. The van der Waals surface area contributed by atoms with E-state index in [0.717, 1.165) is 5.56 Å². The molecule has 0 aliphatic heterocycles. The van der Waals surface area contributed by atoms with Crippen molar-refractivity contribution in [2.75, 3.05) is 23.8 Å². The van der Waals surface area contributed by atoms with Gasteiger partial charge in [0.1, 0.15) is 11.5 Å². The molecule has 0 radical (unpaired) electrons. The van der Waals surface area contributed by atoms with Crippen LogP contribution in [0.2, 0.25) is 5.02 Å². The van der Waals surface area contributed by atoms with Gasteiger partial charge >= 0.3 is 0 Å². The Morgan fingerprint density at radius 3 is 2.22 bits per heavy atom. The number of anilines is 2. The minimum atomic E-state index is -4.07. The highest BCUT2D eigenvalue weighted by Gasteiger charge is 2.29. The van der Waals surface area contributed by atoms with Crippen molar-refractivity contribution in [3.8, 4) is 11.5 Å². The third-order valence-electron chi connectivity index (χ3n) is 5.64. The van der Waals surface area contributed by atoms with Crippen molar-refractivity contribution in [3.05, 3.63) is 113 Å². The minimum Gasteiger partial charge on any atom is -0.497 e. The van der Waals surface area contributed by atoms with Gasteiger partial charge in [0.25, 0.3) is 15.9 Å². The second-order valence-electron chi connectivity index (χ2n) is 7.99. The molecule has 4 rings (SSSR count). The van der Waals surface area contributed by atoms with Crippen LogP contribution in [-0.2, 0) is 16.6 Å². The number of benzene rings is 4. The summed E-state index contributed by atoms with van der Waals surface area (Å²) in [5, 5.41) is 3.21. The van der Waals surface area contributed by atoms with Crippen molar-refractivity contribution in [1.29, 1.82) is 0 Å². The van der Waals surface area contributed by atoms with E-state index in [-0.39, 0.29) is 22.7 Å². The van der Waals surface area contributed by atoms with E-state index in [1.807, 2.05) is 30.3 Å². The highest BCUT2D eigenvalue weighted by molar-refractivity contribution is 7.92. The first kappa shape index (κ1) is 26.1. The molecule has 7 nitrogen and oxygen atoms in total. The summed E-state index contributed by atoms with van der Waals surface area (Å²) in [5.41, 5.74) is 1.51. The maximum Gasteiger partial charge on any atom is 0.264 e. The molecule has 0 spiro atoms. The summed E-state index contributed by atoms with van der Waals surface area (Å²) in [6.45, 7) is 0.0139. The third kappa shape index (κ3) is 5.87. The number of hydrogen-bond donors (Lipinski definition) is 1. The lowest BCUT2D eigenvalue weighted by Crippen LogP contribution is -2.32. The Morgan fingerprint density at radius 2 is 1.54 bits per heavy atom. The molecule has 0 saturated carbocycles. The zero-order valence-corrected chi connectivity index (χ0v) is 21.8. The fraction of sp³-hybridized carbons (Fsp3) is 0.107. The number of rotatable bonds is 9.